The molecule has 1 atom stereocenters. The van der Waals surface area contributed by atoms with E-state index in [1.165, 1.54) is 25.0 Å². The topological polar surface area (TPSA) is 36.9 Å². The van der Waals surface area contributed by atoms with Gasteiger partial charge in [0.1, 0.15) is 0 Å². The number of likely N-dealkylation sites (tertiary alicyclic amines) is 1. The van der Waals surface area contributed by atoms with Gasteiger partial charge in [0.15, 0.2) is 4.77 Å². The molecule has 1 saturated heterocycles. The summed E-state index contributed by atoms with van der Waals surface area (Å²) in [6.45, 7) is 3.37. The van der Waals surface area contributed by atoms with Gasteiger partial charge >= 0.3 is 0 Å². The molecule has 3 rings (SSSR count). The van der Waals surface area contributed by atoms with Gasteiger partial charge in [0.2, 0.25) is 0 Å². The summed E-state index contributed by atoms with van der Waals surface area (Å²) >= 11 is 5.38. The molecular weight excluding hydrogens is 232 g/mol. The standard InChI is InChI=1S/C12H16N4S/c1-15-5-3-9(7-15)8-16-11-2-4-13-6-10(11)14-12(16)17/h2,4,6,9H,3,5,7-8H2,1H3,(H,14,17). The van der Waals surface area contributed by atoms with Crippen molar-refractivity contribution in [3.63, 3.8) is 0 Å². The Hall–Kier alpha value is -1.20. The van der Waals surface area contributed by atoms with Crippen LogP contribution in [0, 0.1) is 10.7 Å². The molecule has 0 radical (unpaired) electrons. The number of nitrogens with zero attached hydrogens (tertiary/aromatic N) is 3. The van der Waals surface area contributed by atoms with E-state index in [1.807, 2.05) is 18.5 Å². The van der Waals surface area contributed by atoms with Crippen molar-refractivity contribution in [2.75, 3.05) is 20.1 Å². The molecule has 1 unspecified atom stereocenters. The summed E-state index contributed by atoms with van der Waals surface area (Å²) in [4.78, 5) is 9.71. The predicted octanol–water partition coefficient (Wildman–Crippen LogP) is 2.05. The Morgan fingerprint density at radius 2 is 2.47 bits per heavy atom. The van der Waals surface area contributed by atoms with Crippen LogP contribution in [-0.4, -0.2) is 39.6 Å². The van der Waals surface area contributed by atoms with Crippen LogP contribution in [0.3, 0.4) is 0 Å². The van der Waals surface area contributed by atoms with Crippen molar-refractivity contribution in [2.24, 2.45) is 5.92 Å². The monoisotopic (exact) mass is 248 g/mol. The van der Waals surface area contributed by atoms with Crippen LogP contribution in [0.5, 0.6) is 0 Å². The quantitative estimate of drug-likeness (QED) is 0.826. The second-order valence-corrected chi connectivity index (χ2v) is 5.24. The Bertz CT molecular complexity index is 585. The van der Waals surface area contributed by atoms with Gasteiger partial charge in [0, 0.05) is 19.3 Å². The van der Waals surface area contributed by atoms with Crippen molar-refractivity contribution in [2.45, 2.75) is 13.0 Å². The van der Waals surface area contributed by atoms with Crippen LogP contribution >= 0.6 is 12.2 Å². The van der Waals surface area contributed by atoms with Gasteiger partial charge < -0.3 is 14.5 Å². The van der Waals surface area contributed by atoms with Crippen LogP contribution in [-0.2, 0) is 6.54 Å². The van der Waals surface area contributed by atoms with Gasteiger partial charge in [-0.1, -0.05) is 0 Å². The Balaban J connectivity index is 1.94. The van der Waals surface area contributed by atoms with Gasteiger partial charge in [-0.25, -0.2) is 0 Å². The molecule has 1 fully saturated rings. The van der Waals surface area contributed by atoms with E-state index < -0.39 is 0 Å². The number of hydrogen-bond donors (Lipinski definition) is 1. The van der Waals surface area contributed by atoms with E-state index in [-0.39, 0.29) is 0 Å². The Kier molecular flexibility index (Phi) is 2.72. The first-order valence-electron chi connectivity index (χ1n) is 5.95. The fraction of sp³-hybridized carbons (Fsp3) is 0.500. The minimum atomic E-state index is 0.707. The third kappa shape index (κ3) is 2.00. The minimum Gasteiger partial charge on any atom is -0.329 e. The van der Waals surface area contributed by atoms with Crippen molar-refractivity contribution in [3.8, 4) is 0 Å². The molecule has 2 aromatic heterocycles. The van der Waals surface area contributed by atoms with Crippen molar-refractivity contribution in [1.29, 1.82) is 0 Å². The first kappa shape index (κ1) is 10.9. The maximum absolute atomic E-state index is 5.38. The van der Waals surface area contributed by atoms with Gasteiger partial charge in [-0.3, -0.25) is 4.98 Å². The van der Waals surface area contributed by atoms with E-state index in [0.29, 0.717) is 5.92 Å². The van der Waals surface area contributed by atoms with E-state index in [0.717, 1.165) is 16.8 Å². The van der Waals surface area contributed by atoms with Crippen molar-refractivity contribution >= 4 is 23.3 Å². The molecule has 0 saturated carbocycles. The average molecular weight is 248 g/mol. The Morgan fingerprint density at radius 3 is 3.24 bits per heavy atom. The molecule has 1 N–H and O–H groups in total. The minimum absolute atomic E-state index is 0.707. The predicted molar refractivity (Wildman–Crippen MR) is 70.5 cm³/mol. The van der Waals surface area contributed by atoms with Gasteiger partial charge in [0.25, 0.3) is 0 Å². The Morgan fingerprint density at radius 1 is 1.59 bits per heavy atom. The van der Waals surface area contributed by atoms with Crippen molar-refractivity contribution in [3.05, 3.63) is 23.2 Å². The highest BCUT2D eigenvalue weighted by molar-refractivity contribution is 7.71. The first-order chi connectivity index (χ1) is 8.24. The summed E-state index contributed by atoms with van der Waals surface area (Å²) in [6, 6.07) is 2.03. The van der Waals surface area contributed by atoms with Crippen molar-refractivity contribution < 1.29 is 0 Å². The van der Waals surface area contributed by atoms with E-state index >= 15 is 0 Å². The number of rotatable bonds is 2. The van der Waals surface area contributed by atoms with Crippen molar-refractivity contribution in [1.82, 2.24) is 19.4 Å². The van der Waals surface area contributed by atoms with Gasteiger partial charge in [-0.15, -0.1) is 0 Å². The molecule has 0 amide bonds. The summed E-state index contributed by atoms with van der Waals surface area (Å²) in [5.74, 6) is 0.707. The number of nitrogens with one attached hydrogen (secondary N) is 1. The third-order valence-corrected chi connectivity index (χ3v) is 3.83. The summed E-state index contributed by atoms with van der Waals surface area (Å²) in [7, 11) is 2.18. The first-order valence-corrected chi connectivity index (χ1v) is 6.36. The van der Waals surface area contributed by atoms with Gasteiger partial charge in [-0.05, 0) is 44.2 Å². The molecule has 0 aliphatic carbocycles. The summed E-state index contributed by atoms with van der Waals surface area (Å²) in [5.41, 5.74) is 2.20. The fourth-order valence-corrected chi connectivity index (χ4v) is 2.91. The zero-order valence-electron chi connectivity index (χ0n) is 9.89. The highest BCUT2D eigenvalue weighted by atomic mass is 32.1. The van der Waals surface area contributed by atoms with Crippen LogP contribution in [0.1, 0.15) is 6.42 Å². The highest BCUT2D eigenvalue weighted by Gasteiger charge is 2.20. The maximum Gasteiger partial charge on any atom is 0.178 e. The fourth-order valence-electron chi connectivity index (χ4n) is 2.63. The zero-order chi connectivity index (χ0) is 11.8. The second kappa shape index (κ2) is 4.23. The van der Waals surface area contributed by atoms with E-state index in [4.69, 9.17) is 12.2 Å². The van der Waals surface area contributed by atoms with Crippen LogP contribution in [0.2, 0.25) is 0 Å². The third-order valence-electron chi connectivity index (χ3n) is 3.51. The average Bonchev–Trinajstić information content (AvgIpc) is 2.85. The van der Waals surface area contributed by atoms with E-state index in [9.17, 15) is 0 Å². The number of fused-ring (bicyclic) bond motifs is 1. The summed E-state index contributed by atoms with van der Waals surface area (Å²) in [6.07, 6.45) is 4.92. The molecule has 0 bridgehead atoms. The molecule has 0 spiro atoms. The lowest BCUT2D eigenvalue weighted by atomic mass is 10.1. The van der Waals surface area contributed by atoms with E-state index in [1.54, 1.807) is 0 Å². The lowest BCUT2D eigenvalue weighted by Gasteiger charge is -2.11. The zero-order valence-corrected chi connectivity index (χ0v) is 10.7. The lowest BCUT2D eigenvalue weighted by Crippen LogP contribution is -2.17. The molecular formula is C12H16N4S. The molecule has 3 heterocycles. The largest absolute Gasteiger partial charge is 0.329 e. The molecule has 0 aromatic carbocycles. The number of imidazole rings is 1. The van der Waals surface area contributed by atoms with Crippen LogP contribution in [0.15, 0.2) is 18.5 Å². The second-order valence-electron chi connectivity index (χ2n) is 4.85. The number of aromatic nitrogens is 3. The normalized spacial score (nSPS) is 21.4. The number of pyridine rings is 1. The molecule has 2 aromatic rings. The summed E-state index contributed by atoms with van der Waals surface area (Å²) < 4.78 is 3.01. The SMILES string of the molecule is CN1CCC(Cn2c(=S)[nH]c3cnccc32)C1. The molecule has 17 heavy (non-hydrogen) atoms. The molecule has 1 aliphatic heterocycles. The highest BCUT2D eigenvalue weighted by Crippen LogP contribution is 2.20. The van der Waals surface area contributed by atoms with Crippen LogP contribution < -0.4 is 0 Å². The number of H-pyrrole nitrogens is 1. The van der Waals surface area contributed by atoms with Gasteiger partial charge in [-0.2, -0.15) is 0 Å². The van der Waals surface area contributed by atoms with Gasteiger partial charge in [0.05, 0.1) is 17.2 Å². The molecule has 4 nitrogen and oxygen atoms in total. The molecule has 5 heteroatoms. The summed E-state index contributed by atoms with van der Waals surface area (Å²) in [5, 5.41) is 0. The lowest BCUT2D eigenvalue weighted by molar-refractivity contribution is 0.379. The molecule has 1 aliphatic rings. The number of aromatic amines is 1. The van der Waals surface area contributed by atoms with E-state index in [2.05, 4.69) is 26.5 Å². The number of hydrogen-bond acceptors (Lipinski definition) is 3. The Labute approximate surface area is 105 Å². The molecule has 90 valence electrons. The maximum atomic E-state index is 5.38. The van der Waals surface area contributed by atoms with Crippen LogP contribution in [0.25, 0.3) is 11.0 Å². The van der Waals surface area contributed by atoms with Crippen LogP contribution in [0.4, 0.5) is 0 Å². The smallest absolute Gasteiger partial charge is 0.178 e.